The molecule has 0 aliphatic heterocycles. The van der Waals surface area contributed by atoms with Crippen molar-refractivity contribution in [1.29, 1.82) is 5.26 Å². The number of rotatable bonds is 6. The van der Waals surface area contributed by atoms with Crippen molar-refractivity contribution >= 4 is 47.8 Å². The molecule has 142 valence electrons. The Morgan fingerprint density at radius 2 is 0.875 bits per heavy atom. The summed E-state index contributed by atoms with van der Waals surface area (Å²) in [6, 6.07) is -0.432. The van der Waals surface area contributed by atoms with E-state index in [1.807, 2.05) is 0 Å². The fourth-order valence-electron chi connectivity index (χ4n) is 1.04. The molecule has 16 heteroatoms. The van der Waals surface area contributed by atoms with Gasteiger partial charge in [-0.3, -0.25) is 0 Å². The summed E-state index contributed by atoms with van der Waals surface area (Å²) in [6.45, 7) is 0. The van der Waals surface area contributed by atoms with Crippen LogP contribution < -0.4 is 0 Å². The molecule has 1 nitrogen and oxygen atoms in total. The van der Waals surface area contributed by atoms with Gasteiger partial charge in [-0.1, -0.05) is 0 Å². The lowest BCUT2D eigenvalue weighted by Gasteiger charge is -2.43. The second-order valence-corrected chi connectivity index (χ2v) is 7.24. The molecule has 0 saturated carbocycles. The van der Waals surface area contributed by atoms with Gasteiger partial charge in [-0.25, -0.2) is 8.78 Å². The number of alkyl halides is 15. The lowest BCUT2D eigenvalue weighted by Crippen LogP contribution is -2.71. The van der Waals surface area contributed by atoms with Crippen LogP contribution in [0.4, 0.5) is 52.7 Å². The number of hydrogen-bond donors (Lipinski definition) is 0. The highest BCUT2D eigenvalue weighted by molar-refractivity contribution is 9.10. The zero-order valence-electron chi connectivity index (χ0n) is 10.1. The number of nitrogens with zero attached hydrogens (tertiary/aromatic N) is 1. The quantitative estimate of drug-likeness (QED) is 0.274. The maximum absolute atomic E-state index is 13.7. The molecule has 0 fully saturated rings. The van der Waals surface area contributed by atoms with Crippen molar-refractivity contribution in [2.24, 2.45) is 0 Å². The van der Waals surface area contributed by atoms with Gasteiger partial charge in [0.15, 0.2) is 0 Å². The van der Waals surface area contributed by atoms with Gasteiger partial charge in [0.1, 0.15) is 6.07 Å². The first kappa shape index (κ1) is 24.1. The average Bonchev–Trinajstić information content (AvgIpc) is 2.36. The number of halogens is 15. The van der Waals surface area contributed by atoms with Crippen LogP contribution >= 0.6 is 47.8 Å². The van der Waals surface area contributed by atoms with Crippen LogP contribution in [-0.2, 0) is 0 Å². The minimum atomic E-state index is -7.16. The van der Waals surface area contributed by atoms with Crippen LogP contribution in [0.3, 0.4) is 0 Å². The Morgan fingerprint density at radius 3 is 1.12 bits per heavy atom. The van der Waals surface area contributed by atoms with Gasteiger partial charge in [-0.05, 0) is 47.8 Å². The standard InChI is InChI=1S/C8Br3F12N/c9-3(14,2(12,13)1-24)5(16,17)4(10,15)6(18,19)7(20,21)8(11,22)23/t3-,4-/m1/s1. The molecule has 24 heavy (non-hydrogen) atoms. The lowest BCUT2D eigenvalue weighted by atomic mass is 9.95. The zero-order valence-corrected chi connectivity index (χ0v) is 14.9. The molecule has 2 atom stereocenters. The van der Waals surface area contributed by atoms with Gasteiger partial charge in [0.2, 0.25) is 0 Å². The van der Waals surface area contributed by atoms with Crippen LogP contribution in [0.25, 0.3) is 0 Å². The summed E-state index contributed by atoms with van der Waals surface area (Å²) in [5.74, 6) is -26.9. The molecule has 0 aromatic heterocycles. The molecule has 0 spiro atoms. The van der Waals surface area contributed by atoms with E-state index in [0.717, 1.165) is 15.9 Å². The van der Waals surface area contributed by atoms with Crippen molar-refractivity contribution in [2.45, 2.75) is 37.7 Å². The lowest BCUT2D eigenvalue weighted by molar-refractivity contribution is -0.340. The Bertz CT molecular complexity index is 531. The Balaban J connectivity index is 6.48. The van der Waals surface area contributed by atoms with Crippen LogP contribution in [0.15, 0.2) is 0 Å². The average molecular weight is 578 g/mol. The molecular formula is C8Br3F12N. The topological polar surface area (TPSA) is 23.8 Å². The highest BCUT2D eigenvalue weighted by atomic mass is 79.9. The fourth-order valence-corrected chi connectivity index (χ4v) is 2.44. The molecular weight excluding hydrogens is 578 g/mol. The van der Waals surface area contributed by atoms with E-state index in [2.05, 4.69) is 0 Å². The minimum absolute atomic E-state index is 0.432. The number of nitriles is 1. The number of hydrogen-bond acceptors (Lipinski definition) is 1. The third-order valence-corrected chi connectivity index (χ3v) is 4.96. The summed E-state index contributed by atoms with van der Waals surface area (Å²) in [7, 11) is 0. The van der Waals surface area contributed by atoms with Crippen LogP contribution in [-0.4, -0.2) is 37.7 Å². The fraction of sp³-hybridized carbons (Fsp3) is 0.875. The molecule has 0 aromatic rings. The van der Waals surface area contributed by atoms with Crippen molar-refractivity contribution in [3.63, 3.8) is 0 Å². The van der Waals surface area contributed by atoms with Gasteiger partial charge < -0.3 is 0 Å². The van der Waals surface area contributed by atoms with Gasteiger partial charge in [0.05, 0.1) is 0 Å². The second-order valence-electron chi connectivity index (χ2n) is 4.06. The van der Waals surface area contributed by atoms with E-state index in [4.69, 9.17) is 5.26 Å². The molecule has 0 aromatic carbocycles. The molecule has 0 aliphatic rings. The van der Waals surface area contributed by atoms with E-state index >= 15 is 0 Å². The highest BCUT2D eigenvalue weighted by Crippen LogP contribution is 2.65. The molecule has 0 heterocycles. The predicted molar refractivity (Wildman–Crippen MR) is 64.8 cm³/mol. The Morgan fingerprint density at radius 1 is 0.542 bits per heavy atom. The van der Waals surface area contributed by atoms with E-state index < -0.39 is 43.7 Å². The molecule has 0 amide bonds. The van der Waals surface area contributed by atoms with Crippen molar-refractivity contribution in [1.82, 2.24) is 0 Å². The summed E-state index contributed by atoms with van der Waals surface area (Å²) >= 11 is 2.09. The third kappa shape index (κ3) is 3.01. The van der Waals surface area contributed by atoms with Crippen LogP contribution in [0.5, 0.6) is 0 Å². The van der Waals surface area contributed by atoms with Crippen molar-refractivity contribution in [3.05, 3.63) is 0 Å². The van der Waals surface area contributed by atoms with Gasteiger partial charge in [0.25, 0.3) is 0 Å². The summed E-state index contributed by atoms with van der Waals surface area (Å²) in [6.07, 6.45) is 0. The minimum Gasteiger partial charge on any atom is -0.217 e. The van der Waals surface area contributed by atoms with Gasteiger partial charge in [-0.15, -0.1) is 0 Å². The molecule has 0 rings (SSSR count). The van der Waals surface area contributed by atoms with E-state index in [0.29, 0.717) is 31.9 Å². The zero-order chi connectivity index (χ0) is 20.2. The maximum atomic E-state index is 13.7. The van der Waals surface area contributed by atoms with Gasteiger partial charge >= 0.3 is 37.7 Å². The third-order valence-electron chi connectivity index (χ3n) is 2.47. The van der Waals surface area contributed by atoms with Crippen LogP contribution in [0, 0.1) is 11.3 Å². The van der Waals surface area contributed by atoms with Gasteiger partial charge in [-0.2, -0.15) is 49.2 Å². The summed E-state index contributed by atoms with van der Waals surface area (Å²) in [5.41, 5.74) is 0. The first-order chi connectivity index (χ1) is 10.1. The van der Waals surface area contributed by atoms with E-state index in [1.54, 1.807) is 0 Å². The van der Waals surface area contributed by atoms with E-state index in [-0.39, 0.29) is 0 Å². The molecule has 0 radical (unpaired) electrons. The molecule has 0 saturated heterocycles. The smallest absolute Gasteiger partial charge is 0.217 e. The van der Waals surface area contributed by atoms with Crippen LogP contribution in [0.2, 0.25) is 0 Å². The van der Waals surface area contributed by atoms with Crippen LogP contribution in [0.1, 0.15) is 0 Å². The summed E-state index contributed by atoms with van der Waals surface area (Å²) in [5, 5.41) is 7.85. The largest absolute Gasteiger partial charge is 0.386 e. The van der Waals surface area contributed by atoms with E-state index in [1.165, 1.54) is 0 Å². The first-order valence-corrected chi connectivity index (χ1v) is 7.19. The van der Waals surface area contributed by atoms with E-state index in [9.17, 15) is 52.7 Å². The summed E-state index contributed by atoms with van der Waals surface area (Å²) < 4.78 is 145. The van der Waals surface area contributed by atoms with Crippen molar-refractivity contribution in [3.8, 4) is 6.07 Å². The van der Waals surface area contributed by atoms with Crippen molar-refractivity contribution < 1.29 is 52.7 Å². The Hall–Kier alpha value is 0.0900. The second kappa shape index (κ2) is 6.07. The molecule has 0 aliphatic carbocycles. The predicted octanol–water partition coefficient (Wildman–Crippen LogP) is 6.16. The molecule has 0 N–H and O–H groups in total. The van der Waals surface area contributed by atoms with Gasteiger partial charge in [0, 0.05) is 0 Å². The Labute approximate surface area is 149 Å². The molecule has 0 bridgehead atoms. The molecule has 0 unspecified atom stereocenters. The highest BCUT2D eigenvalue weighted by Gasteiger charge is 2.89. The Kier molecular flexibility index (Phi) is 6.09. The first-order valence-electron chi connectivity index (χ1n) is 4.81. The monoisotopic (exact) mass is 575 g/mol. The normalized spacial score (nSPS) is 20.1. The van der Waals surface area contributed by atoms with Crippen molar-refractivity contribution in [2.75, 3.05) is 0 Å². The summed E-state index contributed by atoms with van der Waals surface area (Å²) in [4.78, 5) is -6.01. The maximum Gasteiger partial charge on any atom is 0.386 e. The SMILES string of the molecule is N#CC(F)(F)[C@](F)(Br)C(F)(F)[C@](F)(Br)C(F)(F)C(F)(F)C(F)(F)Br.